The summed E-state index contributed by atoms with van der Waals surface area (Å²) in [6.07, 6.45) is 1.49. The second-order valence-corrected chi connectivity index (χ2v) is 5.65. The fourth-order valence-corrected chi connectivity index (χ4v) is 2.16. The minimum atomic E-state index is -1.51. The molecule has 4 radical (unpaired) electrons. The molecule has 0 aliphatic carbocycles. The summed E-state index contributed by atoms with van der Waals surface area (Å²) < 4.78 is 11.7. The second kappa shape index (κ2) is 11.5. The van der Waals surface area contributed by atoms with Crippen molar-refractivity contribution in [1.82, 2.24) is 9.88 Å². The van der Waals surface area contributed by atoms with Crippen LogP contribution in [0.4, 0.5) is 0 Å². The van der Waals surface area contributed by atoms with Crippen molar-refractivity contribution >= 4 is 32.4 Å². The van der Waals surface area contributed by atoms with Crippen LogP contribution in [0, 0.1) is 0 Å². The van der Waals surface area contributed by atoms with Crippen LogP contribution in [0.1, 0.15) is 47.2 Å². The number of aromatic nitrogens is 1. The number of hydrogen-bond acceptors (Lipinski definition) is 3. The summed E-state index contributed by atoms with van der Waals surface area (Å²) >= 11 is 0. The van der Waals surface area contributed by atoms with Crippen molar-refractivity contribution in [2.24, 2.45) is 0 Å². The molecular formula is C15H26B2N2O2S. The minimum Gasteiger partial charge on any atom is -0.352 e. The van der Waals surface area contributed by atoms with Crippen molar-refractivity contribution in [3.63, 3.8) is 0 Å². The molecule has 0 fully saturated rings. The van der Waals surface area contributed by atoms with Crippen LogP contribution >= 0.6 is 0 Å². The van der Waals surface area contributed by atoms with Crippen molar-refractivity contribution < 1.29 is 9.00 Å². The maximum atomic E-state index is 11.7. The Kier molecular flexibility index (Phi) is 12.1. The largest absolute Gasteiger partial charge is 0.352 e. The van der Waals surface area contributed by atoms with Gasteiger partial charge in [0.2, 0.25) is 5.91 Å². The van der Waals surface area contributed by atoms with Crippen molar-refractivity contribution in [2.45, 2.75) is 51.8 Å². The van der Waals surface area contributed by atoms with Gasteiger partial charge in [-0.05, 0) is 12.1 Å². The Morgan fingerprint density at radius 2 is 1.82 bits per heavy atom. The third-order valence-corrected chi connectivity index (χ3v) is 4.00. The highest BCUT2D eigenvalue weighted by Crippen LogP contribution is 2.20. The van der Waals surface area contributed by atoms with Gasteiger partial charge < -0.3 is 4.90 Å². The van der Waals surface area contributed by atoms with Gasteiger partial charge in [-0.2, -0.15) is 0 Å². The lowest BCUT2D eigenvalue weighted by atomic mass is 9.58. The van der Waals surface area contributed by atoms with Gasteiger partial charge in [-0.15, -0.1) is 0 Å². The zero-order valence-corrected chi connectivity index (χ0v) is 15.5. The lowest BCUT2D eigenvalue weighted by Gasteiger charge is -2.36. The first-order valence-electron chi connectivity index (χ1n) is 7.47. The van der Waals surface area contributed by atoms with Gasteiger partial charge in [0, 0.05) is 41.8 Å². The van der Waals surface area contributed by atoms with Crippen LogP contribution < -0.4 is 0 Å². The highest BCUT2D eigenvalue weighted by Gasteiger charge is 2.28. The normalized spacial score (nSPS) is 11.2. The highest BCUT2D eigenvalue weighted by atomic mass is 32.2. The Bertz CT molecular complexity index is 482. The molecule has 0 spiro atoms. The third-order valence-electron chi connectivity index (χ3n) is 2.69. The van der Waals surface area contributed by atoms with E-state index in [0.29, 0.717) is 16.3 Å². The van der Waals surface area contributed by atoms with Crippen molar-refractivity contribution in [1.29, 1.82) is 0 Å². The number of rotatable bonds is 4. The van der Waals surface area contributed by atoms with E-state index >= 15 is 0 Å². The topological polar surface area (TPSA) is 50.3 Å². The molecule has 0 aliphatic heterocycles. The molecule has 1 rings (SSSR count). The van der Waals surface area contributed by atoms with Crippen molar-refractivity contribution in [2.75, 3.05) is 12.8 Å². The Labute approximate surface area is 140 Å². The molecule has 0 aliphatic rings. The van der Waals surface area contributed by atoms with Crippen LogP contribution in [-0.2, 0) is 20.9 Å². The lowest BCUT2D eigenvalue weighted by Crippen LogP contribution is -2.48. The molecule has 0 N–H and O–H groups in total. The van der Waals surface area contributed by atoms with Gasteiger partial charge in [-0.25, -0.2) is 0 Å². The van der Waals surface area contributed by atoms with E-state index in [1.54, 1.807) is 12.1 Å². The number of amides is 1. The number of carbonyl (C=O) groups is 1. The van der Waals surface area contributed by atoms with Crippen LogP contribution in [0.25, 0.3) is 0 Å². The van der Waals surface area contributed by atoms with Gasteiger partial charge in [0.15, 0.2) is 0 Å². The standard InChI is InChI=1S/C11H14B2N2O2S.2C2H6/c1-4-18(17)9-5-6-14-10(7-9)11(12,13)15(3)8(2)16;2*1-2/h5-7H,4H2,1-3H3;2*1-2H3. The third kappa shape index (κ3) is 6.34. The van der Waals surface area contributed by atoms with E-state index in [2.05, 4.69) is 4.98 Å². The Hall–Kier alpha value is -1.10. The quantitative estimate of drug-likeness (QED) is 0.799. The van der Waals surface area contributed by atoms with Gasteiger partial charge in [-0.3, -0.25) is 14.0 Å². The fraction of sp³-hybridized carbons (Fsp3) is 0.600. The van der Waals surface area contributed by atoms with Crippen molar-refractivity contribution in [3.8, 4) is 0 Å². The fourth-order valence-electron chi connectivity index (χ4n) is 1.37. The summed E-state index contributed by atoms with van der Waals surface area (Å²) in [4.78, 5) is 17.2. The lowest BCUT2D eigenvalue weighted by molar-refractivity contribution is -0.129. The first-order valence-corrected chi connectivity index (χ1v) is 8.79. The summed E-state index contributed by atoms with van der Waals surface area (Å²) in [5.74, 6) is 0.220. The molecule has 1 aromatic heterocycles. The Balaban J connectivity index is 0. The maximum Gasteiger partial charge on any atom is 0.218 e. The maximum absolute atomic E-state index is 11.7. The molecule has 1 aromatic rings. The molecule has 0 aromatic carbocycles. The average Bonchev–Trinajstić information content (AvgIpc) is 2.57. The molecule has 1 unspecified atom stereocenters. The van der Waals surface area contributed by atoms with Gasteiger partial charge >= 0.3 is 0 Å². The average molecular weight is 320 g/mol. The van der Waals surface area contributed by atoms with Crippen LogP contribution in [0.3, 0.4) is 0 Å². The van der Waals surface area contributed by atoms with E-state index < -0.39 is 16.1 Å². The Morgan fingerprint density at radius 1 is 1.32 bits per heavy atom. The zero-order chi connectivity index (χ0) is 17.9. The molecule has 120 valence electrons. The van der Waals surface area contributed by atoms with E-state index in [4.69, 9.17) is 15.7 Å². The molecule has 1 heterocycles. The van der Waals surface area contributed by atoms with Gasteiger partial charge in [0.25, 0.3) is 0 Å². The van der Waals surface area contributed by atoms with E-state index in [9.17, 15) is 9.00 Å². The van der Waals surface area contributed by atoms with Crippen LogP contribution in [-0.4, -0.2) is 48.5 Å². The first-order chi connectivity index (χ1) is 10.3. The molecule has 0 bridgehead atoms. The minimum absolute atomic E-state index is 0.274. The molecule has 0 saturated carbocycles. The number of carbonyl (C=O) groups excluding carboxylic acids is 1. The summed E-state index contributed by atoms with van der Waals surface area (Å²) in [6, 6.07) is 3.21. The van der Waals surface area contributed by atoms with E-state index in [1.807, 2.05) is 34.6 Å². The van der Waals surface area contributed by atoms with E-state index in [-0.39, 0.29) is 5.91 Å². The summed E-state index contributed by atoms with van der Waals surface area (Å²) in [5.41, 5.74) is 0.305. The molecule has 22 heavy (non-hydrogen) atoms. The SMILES string of the molecule is CC.CC.[B]C([B])(c1cc(S(=O)CC)ccn1)N(C)C(C)=O. The summed E-state index contributed by atoms with van der Waals surface area (Å²) in [5, 5.41) is -1.51. The Morgan fingerprint density at radius 3 is 2.23 bits per heavy atom. The van der Waals surface area contributed by atoms with Gasteiger partial charge in [-0.1, -0.05) is 34.6 Å². The van der Waals surface area contributed by atoms with Crippen LogP contribution in [0.2, 0.25) is 0 Å². The van der Waals surface area contributed by atoms with Gasteiger partial charge in [0.05, 0.1) is 26.5 Å². The molecular weight excluding hydrogens is 294 g/mol. The number of pyridine rings is 1. The summed E-state index contributed by atoms with van der Waals surface area (Å²) in [7, 11) is 12.2. The van der Waals surface area contributed by atoms with Gasteiger partial charge in [0.1, 0.15) is 0 Å². The van der Waals surface area contributed by atoms with Crippen LogP contribution in [0.5, 0.6) is 0 Å². The second-order valence-electron chi connectivity index (χ2n) is 3.91. The number of nitrogens with zero attached hydrogens (tertiary/aromatic N) is 2. The summed E-state index contributed by atoms with van der Waals surface area (Å²) in [6.45, 7) is 11.2. The molecule has 1 amide bonds. The monoisotopic (exact) mass is 320 g/mol. The zero-order valence-electron chi connectivity index (χ0n) is 14.7. The van der Waals surface area contributed by atoms with E-state index in [0.717, 1.165) is 0 Å². The number of hydrogen-bond donors (Lipinski definition) is 0. The van der Waals surface area contributed by atoms with E-state index in [1.165, 1.54) is 25.1 Å². The molecule has 4 nitrogen and oxygen atoms in total. The molecule has 1 atom stereocenters. The van der Waals surface area contributed by atoms with Crippen molar-refractivity contribution in [3.05, 3.63) is 24.0 Å². The highest BCUT2D eigenvalue weighted by molar-refractivity contribution is 7.85. The smallest absolute Gasteiger partial charge is 0.218 e. The predicted octanol–water partition coefficient (Wildman–Crippen LogP) is 2.19. The molecule has 0 saturated heterocycles. The predicted molar refractivity (Wildman–Crippen MR) is 95.5 cm³/mol. The molecule has 7 heteroatoms. The first kappa shape index (κ1) is 23.2. The van der Waals surface area contributed by atoms with Crippen LogP contribution in [0.15, 0.2) is 23.2 Å².